The Morgan fingerprint density at radius 3 is 2.29 bits per heavy atom. The van der Waals surface area contributed by atoms with Crippen LogP contribution in [-0.4, -0.2) is 6.18 Å². The van der Waals surface area contributed by atoms with Gasteiger partial charge in [-0.05, 0) is 6.07 Å². The largest absolute Gasteiger partial charge is 0.390 e. The minimum Gasteiger partial charge on any atom is -0.324 e. The Balaban J connectivity index is 2.80. The first-order chi connectivity index (χ1) is 6.40. The molecular weight excluding hydrogens is 198 g/mol. The summed E-state index contributed by atoms with van der Waals surface area (Å²) in [5.74, 6) is -0.704. The number of hydrogen-bond donors (Lipinski definition) is 1. The fraction of sp³-hybridized carbons (Fsp3) is 0.333. The average molecular weight is 207 g/mol. The summed E-state index contributed by atoms with van der Waals surface area (Å²) in [4.78, 5) is 0. The minimum atomic E-state index is -4.37. The Hall–Kier alpha value is -1.10. The molecule has 2 N–H and O–H groups in total. The smallest absolute Gasteiger partial charge is 0.324 e. The molecule has 1 aromatic carbocycles. The third kappa shape index (κ3) is 2.99. The lowest BCUT2D eigenvalue weighted by atomic mass is 10.0. The van der Waals surface area contributed by atoms with Gasteiger partial charge in [0.05, 0.1) is 6.42 Å². The van der Waals surface area contributed by atoms with Gasteiger partial charge in [-0.1, -0.05) is 18.2 Å². The van der Waals surface area contributed by atoms with E-state index in [1.165, 1.54) is 18.2 Å². The van der Waals surface area contributed by atoms with E-state index in [0.29, 0.717) is 0 Å². The van der Waals surface area contributed by atoms with E-state index in [1.807, 2.05) is 0 Å². The topological polar surface area (TPSA) is 26.0 Å². The normalized spacial score (nSPS) is 14.1. The highest BCUT2D eigenvalue weighted by Crippen LogP contribution is 2.28. The molecule has 0 heterocycles. The van der Waals surface area contributed by atoms with Gasteiger partial charge in [-0.3, -0.25) is 0 Å². The number of benzene rings is 1. The highest BCUT2D eigenvalue weighted by Gasteiger charge is 2.31. The van der Waals surface area contributed by atoms with Crippen molar-refractivity contribution in [2.75, 3.05) is 0 Å². The average Bonchev–Trinajstić information content (AvgIpc) is 2.01. The van der Waals surface area contributed by atoms with E-state index >= 15 is 0 Å². The Kier molecular flexibility index (Phi) is 3.10. The van der Waals surface area contributed by atoms with Gasteiger partial charge >= 0.3 is 6.18 Å². The summed E-state index contributed by atoms with van der Waals surface area (Å²) in [6.45, 7) is 0. The molecular formula is C9H9F4N. The molecule has 0 unspecified atom stereocenters. The second kappa shape index (κ2) is 3.96. The zero-order valence-electron chi connectivity index (χ0n) is 7.18. The number of hydrogen-bond acceptors (Lipinski definition) is 1. The van der Waals surface area contributed by atoms with E-state index in [0.717, 1.165) is 6.07 Å². The van der Waals surface area contributed by atoms with Gasteiger partial charge in [0.2, 0.25) is 0 Å². The number of halogens is 4. The predicted molar refractivity (Wildman–Crippen MR) is 44.0 cm³/mol. The highest BCUT2D eigenvalue weighted by atomic mass is 19.4. The van der Waals surface area contributed by atoms with E-state index in [-0.39, 0.29) is 5.56 Å². The lowest BCUT2D eigenvalue weighted by molar-refractivity contribution is -0.138. The Labute approximate surface area is 78.5 Å². The standard InChI is InChI=1S/C9H9F4N/c10-7-4-2-1-3-6(7)8(14)5-9(11,12)13/h1-4,8H,5,14H2/t8-/m1/s1. The van der Waals surface area contributed by atoms with E-state index < -0.39 is 24.5 Å². The van der Waals surface area contributed by atoms with Crippen molar-refractivity contribution < 1.29 is 17.6 Å². The lowest BCUT2D eigenvalue weighted by Crippen LogP contribution is -2.21. The molecule has 0 aliphatic carbocycles. The van der Waals surface area contributed by atoms with Crippen LogP contribution in [0.25, 0.3) is 0 Å². The first kappa shape index (κ1) is 11.0. The number of rotatable bonds is 2. The molecule has 78 valence electrons. The van der Waals surface area contributed by atoms with Crippen LogP contribution in [0.5, 0.6) is 0 Å². The van der Waals surface area contributed by atoms with Crippen LogP contribution in [0.3, 0.4) is 0 Å². The summed E-state index contributed by atoms with van der Waals surface area (Å²) in [6.07, 6.45) is -5.59. The summed E-state index contributed by atoms with van der Waals surface area (Å²) >= 11 is 0. The maximum absolute atomic E-state index is 13.0. The molecule has 1 aromatic rings. The van der Waals surface area contributed by atoms with E-state index in [4.69, 9.17) is 5.73 Å². The second-order valence-electron chi connectivity index (χ2n) is 2.95. The SMILES string of the molecule is N[C@H](CC(F)(F)F)c1ccccc1F. The van der Waals surface area contributed by atoms with Gasteiger partial charge < -0.3 is 5.73 Å². The fourth-order valence-electron chi connectivity index (χ4n) is 1.14. The van der Waals surface area contributed by atoms with Crippen molar-refractivity contribution in [1.82, 2.24) is 0 Å². The van der Waals surface area contributed by atoms with Crippen LogP contribution in [0.2, 0.25) is 0 Å². The van der Waals surface area contributed by atoms with Gasteiger partial charge in [-0.15, -0.1) is 0 Å². The third-order valence-corrected chi connectivity index (χ3v) is 1.76. The molecule has 1 atom stereocenters. The summed E-state index contributed by atoms with van der Waals surface area (Å²) < 4.78 is 48.7. The van der Waals surface area contributed by atoms with Gasteiger partial charge in [0.25, 0.3) is 0 Å². The van der Waals surface area contributed by atoms with Crippen molar-refractivity contribution in [1.29, 1.82) is 0 Å². The van der Waals surface area contributed by atoms with Crippen LogP contribution in [-0.2, 0) is 0 Å². The monoisotopic (exact) mass is 207 g/mol. The molecule has 0 spiro atoms. The molecule has 1 rings (SSSR count). The minimum absolute atomic E-state index is 0.107. The molecule has 0 bridgehead atoms. The predicted octanol–water partition coefficient (Wildman–Crippen LogP) is 2.78. The second-order valence-corrected chi connectivity index (χ2v) is 2.95. The zero-order valence-corrected chi connectivity index (χ0v) is 7.18. The van der Waals surface area contributed by atoms with Gasteiger partial charge in [0.1, 0.15) is 5.82 Å². The van der Waals surface area contributed by atoms with Crippen molar-refractivity contribution in [2.24, 2.45) is 5.73 Å². The van der Waals surface area contributed by atoms with Gasteiger partial charge in [-0.2, -0.15) is 13.2 Å². The van der Waals surface area contributed by atoms with Crippen molar-refractivity contribution in [2.45, 2.75) is 18.6 Å². The summed E-state index contributed by atoms with van der Waals surface area (Å²) in [5.41, 5.74) is 5.12. The van der Waals surface area contributed by atoms with Crippen LogP contribution >= 0.6 is 0 Å². The van der Waals surface area contributed by atoms with Crippen LogP contribution in [0.15, 0.2) is 24.3 Å². The van der Waals surface area contributed by atoms with E-state index in [9.17, 15) is 17.6 Å². The maximum atomic E-state index is 13.0. The third-order valence-electron chi connectivity index (χ3n) is 1.76. The molecule has 0 aliphatic heterocycles. The van der Waals surface area contributed by atoms with Gasteiger partial charge in [0.15, 0.2) is 0 Å². The highest BCUT2D eigenvalue weighted by molar-refractivity contribution is 5.20. The molecule has 0 amide bonds. The molecule has 1 nitrogen and oxygen atoms in total. The van der Waals surface area contributed by atoms with Crippen molar-refractivity contribution in [3.63, 3.8) is 0 Å². The summed E-state index contributed by atoms with van der Waals surface area (Å²) in [7, 11) is 0. The number of nitrogens with two attached hydrogens (primary N) is 1. The molecule has 0 saturated heterocycles. The van der Waals surface area contributed by atoms with Crippen LogP contribution in [0.4, 0.5) is 17.6 Å². The maximum Gasteiger partial charge on any atom is 0.390 e. The fourth-order valence-corrected chi connectivity index (χ4v) is 1.14. The summed E-state index contributed by atoms with van der Waals surface area (Å²) in [5, 5.41) is 0. The van der Waals surface area contributed by atoms with Crippen LogP contribution in [0.1, 0.15) is 18.0 Å². The van der Waals surface area contributed by atoms with Crippen molar-refractivity contribution >= 4 is 0 Å². The van der Waals surface area contributed by atoms with Gasteiger partial charge in [-0.25, -0.2) is 4.39 Å². The van der Waals surface area contributed by atoms with Gasteiger partial charge in [0, 0.05) is 11.6 Å². The van der Waals surface area contributed by atoms with Crippen LogP contribution < -0.4 is 5.73 Å². The van der Waals surface area contributed by atoms with Crippen LogP contribution in [0, 0.1) is 5.82 Å². The first-order valence-electron chi connectivity index (χ1n) is 3.97. The molecule has 14 heavy (non-hydrogen) atoms. The quantitative estimate of drug-likeness (QED) is 0.741. The molecule has 0 aliphatic rings. The molecule has 0 radical (unpaired) electrons. The van der Waals surface area contributed by atoms with E-state index in [1.54, 1.807) is 0 Å². The first-order valence-corrected chi connectivity index (χ1v) is 3.97. The molecule has 0 fully saturated rings. The Morgan fingerprint density at radius 2 is 1.79 bits per heavy atom. The Bertz CT molecular complexity index is 308. The Morgan fingerprint density at radius 1 is 1.21 bits per heavy atom. The zero-order chi connectivity index (χ0) is 10.8. The van der Waals surface area contributed by atoms with Crippen molar-refractivity contribution in [3.05, 3.63) is 35.6 Å². The summed E-state index contributed by atoms with van der Waals surface area (Å²) in [6, 6.07) is 3.86. The molecule has 0 aromatic heterocycles. The lowest BCUT2D eigenvalue weighted by Gasteiger charge is -2.14. The molecule has 5 heteroatoms. The number of alkyl halides is 3. The molecule has 0 saturated carbocycles. The van der Waals surface area contributed by atoms with E-state index in [2.05, 4.69) is 0 Å². The van der Waals surface area contributed by atoms with Crippen molar-refractivity contribution in [3.8, 4) is 0 Å².